The summed E-state index contributed by atoms with van der Waals surface area (Å²) in [7, 11) is 1.35. The van der Waals surface area contributed by atoms with Crippen molar-refractivity contribution in [3.63, 3.8) is 0 Å². The highest BCUT2D eigenvalue weighted by Crippen LogP contribution is 2.27. The number of hydrogen-bond donors (Lipinski definition) is 0. The van der Waals surface area contributed by atoms with E-state index in [9.17, 15) is 14.9 Å². The van der Waals surface area contributed by atoms with Gasteiger partial charge in [0.1, 0.15) is 0 Å². The molecule has 0 N–H and O–H groups in total. The van der Waals surface area contributed by atoms with Gasteiger partial charge in [-0.1, -0.05) is 36.3 Å². The largest absolute Gasteiger partial charge is 0.490 e. The summed E-state index contributed by atoms with van der Waals surface area (Å²) in [4.78, 5) is 22.2. The topological polar surface area (TPSA) is 69.4 Å². The lowest BCUT2D eigenvalue weighted by molar-refractivity contribution is -0.385. The highest BCUT2D eigenvalue weighted by atomic mass is 16.6. The lowest BCUT2D eigenvalue weighted by atomic mass is 10.1. The van der Waals surface area contributed by atoms with Gasteiger partial charge in [0.05, 0.1) is 12.0 Å². The lowest BCUT2D eigenvalue weighted by Crippen LogP contribution is -1.95. The number of nitrogens with zero attached hydrogens (tertiary/aromatic N) is 1. The van der Waals surface area contributed by atoms with E-state index in [1.54, 1.807) is 36.4 Å². The van der Waals surface area contributed by atoms with Crippen LogP contribution in [0.5, 0.6) is 5.75 Å². The second kappa shape index (κ2) is 6.35. The smallest absolute Gasteiger partial charge is 0.312 e. The molecule has 0 bridgehead atoms. The molecule has 0 radical (unpaired) electrons. The van der Waals surface area contributed by atoms with Crippen molar-refractivity contribution < 1.29 is 14.5 Å². The van der Waals surface area contributed by atoms with Crippen LogP contribution in [0, 0.1) is 22.0 Å². The predicted molar refractivity (Wildman–Crippen MR) is 77.3 cm³/mol. The molecule has 0 saturated heterocycles. The first-order valence-corrected chi connectivity index (χ1v) is 6.05. The zero-order valence-corrected chi connectivity index (χ0v) is 11.2. The molecule has 0 saturated carbocycles. The van der Waals surface area contributed by atoms with Gasteiger partial charge in [-0.2, -0.15) is 0 Å². The number of Topliss-reactive ketones (excluding diaryl/α,β-unsaturated/α-hetero) is 1. The van der Waals surface area contributed by atoms with Crippen LogP contribution in [0.2, 0.25) is 0 Å². The van der Waals surface area contributed by atoms with Crippen molar-refractivity contribution in [1.29, 1.82) is 0 Å². The van der Waals surface area contributed by atoms with E-state index in [1.165, 1.54) is 19.2 Å². The Morgan fingerprint density at radius 3 is 2.52 bits per heavy atom. The number of carbonyl (C=O) groups is 1. The number of nitro groups is 1. The highest BCUT2D eigenvalue weighted by Gasteiger charge is 2.14. The Hall–Kier alpha value is -3.13. The number of ketones is 1. The van der Waals surface area contributed by atoms with E-state index in [2.05, 4.69) is 11.8 Å². The Bertz CT molecular complexity index is 742. The Balaban J connectivity index is 2.29. The van der Waals surface area contributed by atoms with E-state index in [1.807, 2.05) is 0 Å². The number of hydrogen-bond acceptors (Lipinski definition) is 4. The number of ether oxygens (including phenoxy) is 1. The quantitative estimate of drug-likeness (QED) is 0.375. The summed E-state index contributed by atoms with van der Waals surface area (Å²) in [6, 6.07) is 12.9. The molecule has 21 heavy (non-hydrogen) atoms. The number of benzene rings is 2. The molecule has 0 unspecified atom stereocenters. The van der Waals surface area contributed by atoms with Crippen molar-refractivity contribution in [2.75, 3.05) is 7.11 Å². The van der Waals surface area contributed by atoms with Crippen molar-refractivity contribution in [3.05, 3.63) is 69.8 Å². The third-order valence-electron chi connectivity index (χ3n) is 2.73. The van der Waals surface area contributed by atoms with Gasteiger partial charge < -0.3 is 4.74 Å². The molecule has 2 aromatic rings. The van der Waals surface area contributed by atoms with Crippen molar-refractivity contribution in [1.82, 2.24) is 0 Å². The van der Waals surface area contributed by atoms with Crippen LogP contribution in [0.15, 0.2) is 48.5 Å². The van der Waals surface area contributed by atoms with Crippen LogP contribution < -0.4 is 4.74 Å². The molecule has 0 heterocycles. The zero-order chi connectivity index (χ0) is 15.2. The molecule has 2 aromatic carbocycles. The van der Waals surface area contributed by atoms with Gasteiger partial charge in [-0.15, -0.1) is 0 Å². The third-order valence-corrected chi connectivity index (χ3v) is 2.73. The molecular weight excluding hydrogens is 270 g/mol. The van der Waals surface area contributed by atoms with Gasteiger partial charge in [-0.3, -0.25) is 14.9 Å². The van der Waals surface area contributed by atoms with Crippen LogP contribution in [0.4, 0.5) is 5.69 Å². The van der Waals surface area contributed by atoms with E-state index in [-0.39, 0.29) is 17.2 Å². The fraction of sp³-hybridized carbons (Fsp3) is 0.0625. The maximum Gasteiger partial charge on any atom is 0.312 e. The lowest BCUT2D eigenvalue weighted by Gasteiger charge is -2.00. The summed E-state index contributed by atoms with van der Waals surface area (Å²) in [5.41, 5.74) is 0.677. The van der Waals surface area contributed by atoms with E-state index < -0.39 is 4.92 Å². The zero-order valence-electron chi connectivity index (χ0n) is 11.2. The number of methoxy groups -OCH3 is 1. The second-order valence-electron chi connectivity index (χ2n) is 4.09. The van der Waals surface area contributed by atoms with Crippen molar-refractivity contribution >= 4 is 11.5 Å². The molecule has 0 fully saturated rings. The molecule has 5 nitrogen and oxygen atoms in total. The van der Waals surface area contributed by atoms with Gasteiger partial charge >= 0.3 is 5.69 Å². The molecule has 2 rings (SSSR count). The Morgan fingerprint density at radius 2 is 1.90 bits per heavy atom. The average Bonchev–Trinajstić information content (AvgIpc) is 2.53. The normalized spacial score (nSPS) is 9.38. The van der Waals surface area contributed by atoms with Crippen LogP contribution in [-0.2, 0) is 0 Å². The van der Waals surface area contributed by atoms with Gasteiger partial charge in [0, 0.05) is 17.2 Å². The van der Waals surface area contributed by atoms with Gasteiger partial charge in [-0.25, -0.2) is 0 Å². The van der Waals surface area contributed by atoms with Crippen LogP contribution >= 0.6 is 0 Å². The Kier molecular flexibility index (Phi) is 4.32. The minimum absolute atomic E-state index is 0.153. The summed E-state index contributed by atoms with van der Waals surface area (Å²) in [5.74, 6) is 4.91. The van der Waals surface area contributed by atoms with Gasteiger partial charge in [0.15, 0.2) is 5.75 Å². The second-order valence-corrected chi connectivity index (χ2v) is 4.09. The molecular formula is C16H11NO4. The number of nitro benzene ring substituents is 1. The first-order valence-electron chi connectivity index (χ1n) is 6.05. The van der Waals surface area contributed by atoms with Crippen LogP contribution in [0.3, 0.4) is 0 Å². The fourth-order valence-electron chi connectivity index (χ4n) is 1.70. The fourth-order valence-corrected chi connectivity index (χ4v) is 1.70. The Morgan fingerprint density at radius 1 is 1.19 bits per heavy atom. The average molecular weight is 281 g/mol. The minimum atomic E-state index is -0.553. The van der Waals surface area contributed by atoms with Crippen LogP contribution in [0.25, 0.3) is 0 Å². The van der Waals surface area contributed by atoms with Crippen LogP contribution in [-0.4, -0.2) is 17.8 Å². The molecule has 0 amide bonds. The monoisotopic (exact) mass is 281 g/mol. The van der Waals surface area contributed by atoms with Crippen molar-refractivity contribution in [3.8, 4) is 17.6 Å². The first-order chi connectivity index (χ1) is 10.1. The highest BCUT2D eigenvalue weighted by molar-refractivity contribution is 6.09. The van der Waals surface area contributed by atoms with E-state index in [4.69, 9.17) is 4.74 Å². The van der Waals surface area contributed by atoms with Crippen molar-refractivity contribution in [2.45, 2.75) is 0 Å². The standard InChI is InChI=1S/C16H11NO4/c1-21-16-10-8-12(11-14(16)17(19)20)7-9-15(18)13-5-3-2-4-6-13/h2-6,8,10-11H,1H3. The maximum atomic E-state index is 11.8. The molecule has 0 spiro atoms. The number of carbonyl (C=O) groups excluding carboxylic acids is 1. The summed E-state index contributed by atoms with van der Waals surface area (Å²) in [6.45, 7) is 0. The summed E-state index contributed by atoms with van der Waals surface area (Å²) < 4.78 is 4.90. The predicted octanol–water partition coefficient (Wildman–Crippen LogP) is 2.84. The molecule has 0 atom stereocenters. The summed E-state index contributed by atoms with van der Waals surface area (Å²) in [6.07, 6.45) is 0. The SMILES string of the molecule is COc1ccc(C#CC(=O)c2ccccc2)cc1[N+](=O)[O-]. The summed E-state index contributed by atoms with van der Waals surface area (Å²) in [5, 5.41) is 10.9. The molecule has 5 heteroatoms. The maximum absolute atomic E-state index is 11.8. The molecule has 104 valence electrons. The van der Waals surface area contributed by atoms with E-state index >= 15 is 0 Å². The molecule has 0 aliphatic rings. The number of rotatable bonds is 3. The molecule has 0 aliphatic carbocycles. The van der Waals surface area contributed by atoms with Crippen LogP contribution in [0.1, 0.15) is 15.9 Å². The van der Waals surface area contributed by atoms with Crippen molar-refractivity contribution in [2.24, 2.45) is 0 Å². The van der Waals surface area contributed by atoms with E-state index in [0.29, 0.717) is 11.1 Å². The molecule has 0 aliphatic heterocycles. The minimum Gasteiger partial charge on any atom is -0.490 e. The first kappa shape index (κ1) is 14.3. The molecule has 0 aromatic heterocycles. The third kappa shape index (κ3) is 3.45. The Labute approximate surface area is 121 Å². The van der Waals surface area contributed by atoms with Gasteiger partial charge in [0.2, 0.25) is 5.78 Å². The summed E-state index contributed by atoms with van der Waals surface area (Å²) >= 11 is 0. The van der Waals surface area contributed by atoms with E-state index in [0.717, 1.165) is 0 Å². The van der Waals surface area contributed by atoms with Gasteiger partial charge in [0.25, 0.3) is 0 Å². The van der Waals surface area contributed by atoms with Gasteiger partial charge in [-0.05, 0) is 18.1 Å².